The van der Waals surface area contributed by atoms with Gasteiger partial charge in [-0.15, -0.1) is 0 Å². The van der Waals surface area contributed by atoms with E-state index < -0.39 is 15.7 Å². The maximum atomic E-state index is 11.5. The molecule has 7 heteroatoms. The van der Waals surface area contributed by atoms with Crippen molar-refractivity contribution in [1.82, 2.24) is 0 Å². The zero-order chi connectivity index (χ0) is 19.9. The Hall–Kier alpha value is -2.12. The number of hydrogen-bond donors (Lipinski definition) is 2. The smallest absolute Gasteiger partial charge is 0.294 e. The number of rotatable bonds is 9. The lowest BCUT2D eigenvalue weighted by Gasteiger charge is -2.33. The van der Waals surface area contributed by atoms with Crippen molar-refractivity contribution < 1.29 is 22.5 Å². The van der Waals surface area contributed by atoms with Crippen LogP contribution in [0.5, 0.6) is 5.75 Å². The van der Waals surface area contributed by atoms with Crippen LogP contribution in [0.25, 0.3) is 0 Å². The predicted octanol–water partition coefficient (Wildman–Crippen LogP) is 4.50. The first-order valence-electron chi connectivity index (χ1n) is 9.18. The molecule has 148 valence electrons. The summed E-state index contributed by atoms with van der Waals surface area (Å²) in [6, 6.07) is 3.94. The van der Waals surface area contributed by atoms with Gasteiger partial charge in [0.15, 0.2) is 0 Å². The van der Waals surface area contributed by atoms with Crippen LogP contribution in [-0.4, -0.2) is 24.5 Å². The van der Waals surface area contributed by atoms with Gasteiger partial charge in [-0.2, -0.15) is 8.42 Å². The van der Waals surface area contributed by atoms with Gasteiger partial charge >= 0.3 is 0 Å². The van der Waals surface area contributed by atoms with Gasteiger partial charge in [0.05, 0.1) is 10.6 Å². The van der Waals surface area contributed by atoms with E-state index in [0.717, 1.165) is 32.1 Å². The van der Waals surface area contributed by atoms with Crippen molar-refractivity contribution in [2.45, 2.75) is 62.9 Å². The molecule has 1 aromatic rings. The van der Waals surface area contributed by atoms with Gasteiger partial charge in [0.2, 0.25) is 5.91 Å². The molecule has 1 unspecified atom stereocenters. The van der Waals surface area contributed by atoms with Crippen LogP contribution in [0.4, 0.5) is 5.69 Å². The van der Waals surface area contributed by atoms with Crippen LogP contribution in [0.3, 0.4) is 0 Å². The van der Waals surface area contributed by atoms with Crippen molar-refractivity contribution >= 4 is 21.7 Å². The second-order valence-corrected chi connectivity index (χ2v) is 8.20. The van der Waals surface area contributed by atoms with Crippen molar-refractivity contribution in [3.63, 3.8) is 0 Å². The van der Waals surface area contributed by atoms with Gasteiger partial charge in [0, 0.05) is 13.3 Å². The Bertz CT molecular complexity index is 829. The van der Waals surface area contributed by atoms with Crippen molar-refractivity contribution in [2.75, 3.05) is 5.32 Å². The van der Waals surface area contributed by atoms with Gasteiger partial charge in [-0.1, -0.05) is 44.4 Å². The number of carbonyl (C=O) groups is 1. The SMILES string of the molecule is CCCCCCC1(Oc2ccc(S(=O)(=O)O)cc2NC(C)=O)C=CC=CC1. The molecule has 1 atom stereocenters. The molecular formula is C20H27NO5S. The summed E-state index contributed by atoms with van der Waals surface area (Å²) in [5, 5.41) is 2.59. The highest BCUT2D eigenvalue weighted by Gasteiger charge is 2.30. The average molecular weight is 394 g/mol. The molecule has 0 saturated heterocycles. The lowest BCUT2D eigenvalue weighted by Crippen LogP contribution is -2.34. The first-order chi connectivity index (χ1) is 12.8. The summed E-state index contributed by atoms with van der Waals surface area (Å²) in [5.41, 5.74) is -0.330. The third kappa shape index (κ3) is 6.22. The summed E-state index contributed by atoms with van der Waals surface area (Å²) < 4.78 is 38.4. The summed E-state index contributed by atoms with van der Waals surface area (Å²) in [4.78, 5) is 11.2. The first kappa shape index (κ1) is 21.2. The quantitative estimate of drug-likeness (QED) is 0.476. The minimum atomic E-state index is -4.38. The molecule has 1 aliphatic rings. The topological polar surface area (TPSA) is 92.7 Å². The predicted molar refractivity (Wildman–Crippen MR) is 106 cm³/mol. The molecule has 2 N–H and O–H groups in total. The number of ether oxygens (including phenoxy) is 1. The van der Waals surface area contributed by atoms with E-state index in [1.807, 2.05) is 24.3 Å². The first-order valence-corrected chi connectivity index (χ1v) is 10.6. The normalized spacial score (nSPS) is 19.1. The van der Waals surface area contributed by atoms with E-state index in [0.29, 0.717) is 12.2 Å². The molecule has 0 bridgehead atoms. The monoisotopic (exact) mass is 393 g/mol. The van der Waals surface area contributed by atoms with Crippen LogP contribution >= 0.6 is 0 Å². The number of amides is 1. The Kier molecular flexibility index (Phi) is 7.21. The van der Waals surface area contributed by atoms with Crippen LogP contribution in [-0.2, 0) is 14.9 Å². The number of carbonyl (C=O) groups excluding carboxylic acids is 1. The molecule has 0 aliphatic heterocycles. The summed E-state index contributed by atoms with van der Waals surface area (Å²) in [5.74, 6) is 0.0106. The van der Waals surface area contributed by atoms with Crippen molar-refractivity contribution in [3.8, 4) is 5.75 Å². The average Bonchev–Trinajstić information content (AvgIpc) is 2.60. The minimum absolute atomic E-state index is 0.216. The van der Waals surface area contributed by atoms with E-state index in [-0.39, 0.29) is 16.5 Å². The number of benzene rings is 1. The molecule has 0 aromatic heterocycles. The van der Waals surface area contributed by atoms with Crippen molar-refractivity contribution in [2.24, 2.45) is 0 Å². The van der Waals surface area contributed by atoms with E-state index in [4.69, 9.17) is 4.74 Å². The van der Waals surface area contributed by atoms with Gasteiger partial charge in [0.25, 0.3) is 10.1 Å². The van der Waals surface area contributed by atoms with Gasteiger partial charge < -0.3 is 10.1 Å². The Balaban J connectivity index is 2.31. The molecule has 1 aromatic carbocycles. The van der Waals surface area contributed by atoms with Gasteiger partial charge in [-0.3, -0.25) is 9.35 Å². The maximum absolute atomic E-state index is 11.5. The zero-order valence-corrected chi connectivity index (χ0v) is 16.6. The third-order valence-corrected chi connectivity index (χ3v) is 5.29. The van der Waals surface area contributed by atoms with Gasteiger partial charge in [0.1, 0.15) is 11.4 Å². The zero-order valence-electron chi connectivity index (χ0n) is 15.8. The second kappa shape index (κ2) is 9.19. The molecule has 2 rings (SSSR count). The molecule has 0 saturated carbocycles. The Morgan fingerprint density at radius 3 is 2.63 bits per heavy atom. The minimum Gasteiger partial charge on any atom is -0.481 e. The van der Waals surface area contributed by atoms with Crippen LogP contribution in [0, 0.1) is 0 Å². The Morgan fingerprint density at radius 1 is 1.26 bits per heavy atom. The van der Waals surface area contributed by atoms with Gasteiger partial charge in [-0.25, -0.2) is 0 Å². The molecular weight excluding hydrogens is 366 g/mol. The largest absolute Gasteiger partial charge is 0.481 e. The highest BCUT2D eigenvalue weighted by Crippen LogP contribution is 2.36. The Morgan fingerprint density at radius 2 is 2.04 bits per heavy atom. The molecule has 0 spiro atoms. The summed E-state index contributed by atoms with van der Waals surface area (Å²) in [7, 11) is -4.38. The summed E-state index contributed by atoms with van der Waals surface area (Å²) in [6.07, 6.45) is 13.9. The van der Waals surface area contributed by atoms with E-state index in [1.165, 1.54) is 25.1 Å². The molecule has 27 heavy (non-hydrogen) atoms. The maximum Gasteiger partial charge on any atom is 0.294 e. The van der Waals surface area contributed by atoms with Crippen LogP contribution in [0.15, 0.2) is 47.4 Å². The van der Waals surface area contributed by atoms with Crippen LogP contribution < -0.4 is 10.1 Å². The number of hydrogen-bond acceptors (Lipinski definition) is 4. The fourth-order valence-electron chi connectivity index (χ4n) is 3.07. The highest BCUT2D eigenvalue weighted by molar-refractivity contribution is 7.85. The lowest BCUT2D eigenvalue weighted by atomic mass is 9.89. The van der Waals surface area contributed by atoms with E-state index in [2.05, 4.69) is 12.2 Å². The van der Waals surface area contributed by atoms with Crippen LogP contribution in [0.1, 0.15) is 52.4 Å². The number of unbranched alkanes of at least 4 members (excludes halogenated alkanes) is 3. The van der Waals surface area contributed by atoms with Gasteiger partial charge in [-0.05, 0) is 37.1 Å². The van der Waals surface area contributed by atoms with Crippen molar-refractivity contribution in [3.05, 3.63) is 42.5 Å². The Labute approximate surface area is 161 Å². The second-order valence-electron chi connectivity index (χ2n) is 6.78. The number of anilines is 1. The number of nitrogens with one attached hydrogen (secondary N) is 1. The molecule has 1 aliphatic carbocycles. The summed E-state index contributed by atoms with van der Waals surface area (Å²) in [6.45, 7) is 3.49. The number of allylic oxidation sites excluding steroid dienone is 2. The lowest BCUT2D eigenvalue weighted by molar-refractivity contribution is -0.114. The van der Waals surface area contributed by atoms with Crippen molar-refractivity contribution in [1.29, 1.82) is 0 Å². The third-order valence-electron chi connectivity index (χ3n) is 4.44. The van der Waals surface area contributed by atoms with E-state index in [9.17, 15) is 17.8 Å². The van der Waals surface area contributed by atoms with E-state index >= 15 is 0 Å². The molecule has 0 heterocycles. The van der Waals surface area contributed by atoms with Crippen LogP contribution in [0.2, 0.25) is 0 Å². The fourth-order valence-corrected chi connectivity index (χ4v) is 3.58. The standard InChI is InChI=1S/C20H27NO5S/c1-3-4-5-7-12-20(13-8-6-9-14-20)26-19-11-10-17(27(23,24)25)15-18(19)21-16(2)22/h6,8-11,13,15H,3-5,7,12,14H2,1-2H3,(H,21,22)(H,23,24,25). The molecule has 0 radical (unpaired) electrons. The molecule has 6 nitrogen and oxygen atoms in total. The fraction of sp³-hybridized carbons (Fsp3) is 0.450. The summed E-state index contributed by atoms with van der Waals surface area (Å²) >= 11 is 0. The highest BCUT2D eigenvalue weighted by atomic mass is 32.2. The molecule has 1 amide bonds. The van der Waals surface area contributed by atoms with E-state index in [1.54, 1.807) is 0 Å². The molecule has 0 fully saturated rings.